The molecule has 0 radical (unpaired) electrons. The Bertz CT molecular complexity index is 504. The lowest BCUT2D eigenvalue weighted by Gasteiger charge is -2.18. The van der Waals surface area contributed by atoms with Crippen molar-refractivity contribution in [1.82, 2.24) is 4.72 Å². The topological polar surface area (TPSA) is 55.4 Å². The highest BCUT2D eigenvalue weighted by Crippen LogP contribution is 2.46. The second kappa shape index (κ2) is 4.90. The summed E-state index contributed by atoms with van der Waals surface area (Å²) in [4.78, 5) is 0. The summed E-state index contributed by atoms with van der Waals surface area (Å²) >= 11 is 0. The van der Waals surface area contributed by atoms with Crippen LogP contribution in [0, 0.1) is 0 Å². The first-order valence-electron chi connectivity index (χ1n) is 6.17. The van der Waals surface area contributed by atoms with Gasteiger partial charge in [0.05, 0.1) is 18.4 Å². The van der Waals surface area contributed by atoms with Crippen molar-refractivity contribution in [2.45, 2.75) is 31.7 Å². The van der Waals surface area contributed by atoms with E-state index in [9.17, 15) is 8.42 Å². The van der Waals surface area contributed by atoms with Crippen LogP contribution in [0.15, 0.2) is 24.3 Å². The number of methoxy groups -OCH3 is 1. The average Bonchev–Trinajstić information content (AvgIpc) is 3.09. The predicted molar refractivity (Wildman–Crippen MR) is 71.1 cm³/mol. The zero-order chi connectivity index (χ0) is 13.2. The van der Waals surface area contributed by atoms with Crippen molar-refractivity contribution < 1.29 is 13.2 Å². The molecule has 0 amide bonds. The largest absolute Gasteiger partial charge is 0.497 e. The maximum atomic E-state index is 11.8. The van der Waals surface area contributed by atoms with Crippen molar-refractivity contribution in [3.8, 4) is 5.75 Å². The van der Waals surface area contributed by atoms with Gasteiger partial charge in [-0.2, -0.15) is 0 Å². The average molecular weight is 269 g/mol. The minimum absolute atomic E-state index is 0.185. The molecule has 5 heteroatoms. The molecule has 0 aromatic heterocycles. The lowest BCUT2D eigenvalue weighted by Crippen LogP contribution is -2.36. The van der Waals surface area contributed by atoms with Crippen LogP contribution in [0.5, 0.6) is 5.75 Å². The maximum Gasteiger partial charge on any atom is 0.212 e. The van der Waals surface area contributed by atoms with Gasteiger partial charge in [0, 0.05) is 0 Å². The fourth-order valence-electron chi connectivity index (χ4n) is 2.10. The minimum atomic E-state index is -3.17. The van der Waals surface area contributed by atoms with E-state index in [0.29, 0.717) is 6.42 Å². The Labute approximate surface area is 108 Å². The van der Waals surface area contributed by atoms with Crippen LogP contribution in [0.3, 0.4) is 0 Å². The summed E-state index contributed by atoms with van der Waals surface area (Å²) in [6.07, 6.45) is 2.36. The quantitative estimate of drug-likeness (QED) is 0.859. The van der Waals surface area contributed by atoms with Gasteiger partial charge in [-0.3, -0.25) is 0 Å². The van der Waals surface area contributed by atoms with E-state index in [4.69, 9.17) is 4.74 Å². The van der Waals surface area contributed by atoms with Gasteiger partial charge >= 0.3 is 0 Å². The number of ether oxygens (including phenoxy) is 1. The molecule has 0 unspecified atom stereocenters. The van der Waals surface area contributed by atoms with Crippen molar-refractivity contribution in [3.63, 3.8) is 0 Å². The van der Waals surface area contributed by atoms with Gasteiger partial charge in [0.25, 0.3) is 0 Å². The molecule has 18 heavy (non-hydrogen) atoms. The first-order valence-corrected chi connectivity index (χ1v) is 7.83. The Hall–Kier alpha value is -1.07. The number of hydrogen-bond donors (Lipinski definition) is 1. The Morgan fingerprint density at radius 2 is 1.89 bits per heavy atom. The first kappa shape index (κ1) is 13.4. The molecule has 1 fully saturated rings. The standard InChI is InChI=1S/C13H19NO3S/c1-3-10-18(15,16)14-13(8-9-13)11-4-6-12(17-2)7-5-11/h4-7,14H,3,8-10H2,1-2H3. The molecule has 4 nitrogen and oxygen atoms in total. The van der Waals surface area contributed by atoms with E-state index in [0.717, 1.165) is 24.2 Å². The summed E-state index contributed by atoms with van der Waals surface area (Å²) in [5, 5.41) is 0. The van der Waals surface area contributed by atoms with Crippen molar-refractivity contribution in [2.24, 2.45) is 0 Å². The molecule has 1 aromatic carbocycles. The maximum absolute atomic E-state index is 11.8. The minimum Gasteiger partial charge on any atom is -0.497 e. The fraction of sp³-hybridized carbons (Fsp3) is 0.538. The monoisotopic (exact) mass is 269 g/mol. The van der Waals surface area contributed by atoms with E-state index in [-0.39, 0.29) is 11.3 Å². The van der Waals surface area contributed by atoms with E-state index in [1.807, 2.05) is 31.2 Å². The van der Waals surface area contributed by atoms with Gasteiger partial charge in [0.1, 0.15) is 5.75 Å². The summed E-state index contributed by atoms with van der Waals surface area (Å²) in [6.45, 7) is 1.87. The van der Waals surface area contributed by atoms with E-state index < -0.39 is 10.0 Å². The lowest BCUT2D eigenvalue weighted by molar-refractivity contribution is 0.414. The molecule has 1 N–H and O–H groups in total. The molecular weight excluding hydrogens is 250 g/mol. The lowest BCUT2D eigenvalue weighted by atomic mass is 10.1. The number of sulfonamides is 1. The van der Waals surface area contributed by atoms with Gasteiger partial charge in [-0.15, -0.1) is 0 Å². The van der Waals surface area contributed by atoms with Crippen LogP contribution >= 0.6 is 0 Å². The molecule has 0 bridgehead atoms. The third-order valence-electron chi connectivity index (χ3n) is 3.22. The highest BCUT2D eigenvalue weighted by molar-refractivity contribution is 7.89. The van der Waals surface area contributed by atoms with Crippen LogP contribution < -0.4 is 9.46 Å². The number of nitrogens with one attached hydrogen (secondary N) is 1. The zero-order valence-corrected chi connectivity index (χ0v) is 11.6. The Kier molecular flexibility index (Phi) is 3.64. The fourth-order valence-corrected chi connectivity index (χ4v) is 3.66. The summed E-state index contributed by atoms with van der Waals surface area (Å²) in [6, 6.07) is 7.59. The van der Waals surface area contributed by atoms with Crippen LogP contribution in [-0.2, 0) is 15.6 Å². The first-order chi connectivity index (χ1) is 8.51. The second-order valence-corrected chi connectivity index (χ2v) is 6.57. The molecule has 0 heterocycles. The van der Waals surface area contributed by atoms with Gasteiger partial charge in [0.15, 0.2) is 0 Å². The van der Waals surface area contributed by atoms with Crippen molar-refractivity contribution in [1.29, 1.82) is 0 Å². The molecule has 1 aromatic rings. The van der Waals surface area contributed by atoms with Crippen LogP contribution in [0.4, 0.5) is 0 Å². The van der Waals surface area contributed by atoms with Crippen LogP contribution in [0.25, 0.3) is 0 Å². The molecule has 1 saturated carbocycles. The molecule has 0 spiro atoms. The normalized spacial score (nSPS) is 17.4. The number of hydrogen-bond acceptors (Lipinski definition) is 3. The molecule has 0 saturated heterocycles. The zero-order valence-electron chi connectivity index (χ0n) is 10.8. The predicted octanol–water partition coefficient (Wildman–Crippen LogP) is 2.01. The highest BCUT2D eigenvalue weighted by Gasteiger charge is 2.46. The van der Waals surface area contributed by atoms with Crippen molar-refractivity contribution >= 4 is 10.0 Å². The van der Waals surface area contributed by atoms with Gasteiger partial charge in [0.2, 0.25) is 10.0 Å². The van der Waals surface area contributed by atoms with Crippen molar-refractivity contribution in [3.05, 3.63) is 29.8 Å². The molecule has 1 aliphatic carbocycles. The SMILES string of the molecule is CCCS(=O)(=O)NC1(c2ccc(OC)cc2)CC1. The third-order valence-corrected chi connectivity index (χ3v) is 4.86. The molecule has 2 rings (SSSR count). The Balaban J connectivity index is 2.16. The van der Waals surface area contributed by atoms with Crippen LogP contribution in [-0.4, -0.2) is 21.3 Å². The Morgan fingerprint density at radius 3 is 2.33 bits per heavy atom. The summed E-state index contributed by atoms with van der Waals surface area (Å²) in [5.41, 5.74) is 0.642. The summed E-state index contributed by atoms with van der Waals surface area (Å²) < 4.78 is 31.6. The van der Waals surface area contributed by atoms with Gasteiger partial charge in [-0.05, 0) is 37.0 Å². The molecule has 1 aliphatic rings. The molecule has 0 atom stereocenters. The van der Waals surface area contributed by atoms with Crippen LogP contribution in [0.2, 0.25) is 0 Å². The number of benzene rings is 1. The Morgan fingerprint density at radius 1 is 1.28 bits per heavy atom. The summed E-state index contributed by atoms with van der Waals surface area (Å²) in [5.74, 6) is 0.969. The van der Waals surface area contributed by atoms with Gasteiger partial charge in [-0.25, -0.2) is 13.1 Å². The second-order valence-electron chi connectivity index (χ2n) is 4.73. The van der Waals surface area contributed by atoms with E-state index in [1.54, 1.807) is 7.11 Å². The molecular formula is C13H19NO3S. The van der Waals surface area contributed by atoms with Crippen molar-refractivity contribution in [2.75, 3.05) is 12.9 Å². The molecule has 0 aliphatic heterocycles. The van der Waals surface area contributed by atoms with E-state index in [1.165, 1.54) is 0 Å². The van der Waals surface area contributed by atoms with Gasteiger partial charge < -0.3 is 4.74 Å². The van der Waals surface area contributed by atoms with E-state index in [2.05, 4.69) is 4.72 Å². The third kappa shape index (κ3) is 2.84. The van der Waals surface area contributed by atoms with Crippen LogP contribution in [0.1, 0.15) is 31.7 Å². The smallest absolute Gasteiger partial charge is 0.212 e. The highest BCUT2D eigenvalue weighted by atomic mass is 32.2. The number of rotatable bonds is 6. The van der Waals surface area contributed by atoms with E-state index >= 15 is 0 Å². The summed E-state index contributed by atoms with van der Waals surface area (Å²) in [7, 11) is -1.55. The van der Waals surface area contributed by atoms with Gasteiger partial charge in [-0.1, -0.05) is 19.1 Å². The molecule has 100 valence electrons.